The van der Waals surface area contributed by atoms with E-state index in [2.05, 4.69) is 45.0 Å². The van der Waals surface area contributed by atoms with Gasteiger partial charge in [-0.15, -0.1) is 0 Å². The maximum Gasteiger partial charge on any atom is 0.134 e. The van der Waals surface area contributed by atoms with Gasteiger partial charge in [0.15, 0.2) is 0 Å². The maximum absolute atomic E-state index is 11.2. The van der Waals surface area contributed by atoms with Crippen LogP contribution in [0.5, 0.6) is 5.75 Å². The predicted octanol–water partition coefficient (Wildman–Crippen LogP) is 4.93. The second-order valence-electron chi connectivity index (χ2n) is 6.14. The quantitative estimate of drug-likeness (QED) is 0.782. The van der Waals surface area contributed by atoms with Gasteiger partial charge in [-0.2, -0.15) is 0 Å². The molecule has 2 aromatic rings. The number of ether oxygens (including phenoxy) is 1. The van der Waals surface area contributed by atoms with Crippen molar-refractivity contribution in [2.75, 3.05) is 7.11 Å². The summed E-state index contributed by atoms with van der Waals surface area (Å²) >= 11 is 0. The van der Waals surface area contributed by atoms with Gasteiger partial charge in [-0.3, -0.25) is 4.79 Å². The molecule has 22 heavy (non-hydrogen) atoms. The summed E-state index contributed by atoms with van der Waals surface area (Å²) in [6.45, 7) is 8.07. The number of methoxy groups -OCH3 is 1. The molecule has 0 fully saturated rings. The number of hydrogen-bond acceptors (Lipinski definition) is 2. The first-order chi connectivity index (χ1) is 10.4. The second-order valence-corrected chi connectivity index (χ2v) is 6.14. The average Bonchev–Trinajstić information content (AvgIpc) is 2.47. The van der Waals surface area contributed by atoms with E-state index in [0.29, 0.717) is 12.3 Å². The average molecular weight is 296 g/mol. The summed E-state index contributed by atoms with van der Waals surface area (Å²) in [4.78, 5) is 11.2. The van der Waals surface area contributed by atoms with Crippen molar-refractivity contribution in [3.8, 4) is 16.9 Å². The lowest BCUT2D eigenvalue weighted by Gasteiger charge is -2.16. The van der Waals surface area contributed by atoms with Crippen molar-refractivity contribution in [3.63, 3.8) is 0 Å². The second kappa shape index (κ2) is 6.78. The Labute approximate surface area is 133 Å². The third kappa shape index (κ3) is 3.56. The number of ketones is 1. The van der Waals surface area contributed by atoms with Crippen LogP contribution in [0.2, 0.25) is 0 Å². The molecule has 0 saturated carbocycles. The normalized spacial score (nSPS) is 10.8. The molecule has 0 atom stereocenters. The Kier molecular flexibility index (Phi) is 5.02. The molecule has 116 valence electrons. The molecule has 0 heterocycles. The van der Waals surface area contributed by atoms with Crippen LogP contribution in [0.4, 0.5) is 0 Å². The number of hydrogen-bond donors (Lipinski definition) is 0. The molecule has 0 aliphatic heterocycles. The van der Waals surface area contributed by atoms with Crippen LogP contribution in [-0.4, -0.2) is 12.9 Å². The van der Waals surface area contributed by atoms with Gasteiger partial charge in [-0.1, -0.05) is 38.1 Å². The minimum absolute atomic E-state index is 0.190. The zero-order valence-electron chi connectivity index (χ0n) is 14.1. The van der Waals surface area contributed by atoms with E-state index in [1.165, 1.54) is 22.3 Å². The minimum atomic E-state index is 0.190. The van der Waals surface area contributed by atoms with Crippen molar-refractivity contribution in [3.05, 3.63) is 53.1 Å². The van der Waals surface area contributed by atoms with E-state index in [-0.39, 0.29) is 5.78 Å². The highest BCUT2D eigenvalue weighted by Crippen LogP contribution is 2.34. The highest BCUT2D eigenvalue weighted by atomic mass is 16.5. The van der Waals surface area contributed by atoms with Crippen molar-refractivity contribution in [2.24, 2.45) is 0 Å². The van der Waals surface area contributed by atoms with Gasteiger partial charge >= 0.3 is 0 Å². The summed E-state index contributed by atoms with van der Waals surface area (Å²) in [7, 11) is 1.72. The number of aryl methyl sites for hydroxylation is 1. The standard InChI is InChI=1S/C20H24O2/c1-13(2)18-12-19(14(3)10-20(18)22-5)17-8-6-16(7-9-17)11-15(4)21/h6-10,12-13H,11H2,1-5H3. The zero-order valence-corrected chi connectivity index (χ0v) is 14.1. The van der Waals surface area contributed by atoms with E-state index in [1.807, 2.05) is 12.1 Å². The third-order valence-corrected chi connectivity index (χ3v) is 3.92. The van der Waals surface area contributed by atoms with Crippen molar-refractivity contribution in [1.82, 2.24) is 0 Å². The first kappa shape index (κ1) is 16.3. The van der Waals surface area contributed by atoms with Gasteiger partial charge in [-0.05, 0) is 59.7 Å². The molecular formula is C20H24O2. The van der Waals surface area contributed by atoms with Crippen LogP contribution >= 0.6 is 0 Å². The molecule has 2 rings (SSSR count). The molecule has 0 spiro atoms. The zero-order chi connectivity index (χ0) is 16.3. The van der Waals surface area contributed by atoms with Crippen LogP contribution in [0.25, 0.3) is 11.1 Å². The van der Waals surface area contributed by atoms with Crippen molar-refractivity contribution < 1.29 is 9.53 Å². The fourth-order valence-electron chi connectivity index (χ4n) is 2.73. The van der Waals surface area contributed by atoms with Gasteiger partial charge in [-0.25, -0.2) is 0 Å². The number of benzene rings is 2. The molecule has 0 amide bonds. The Balaban J connectivity index is 2.43. The lowest BCUT2D eigenvalue weighted by molar-refractivity contribution is -0.116. The van der Waals surface area contributed by atoms with Crippen LogP contribution in [0.3, 0.4) is 0 Å². The highest BCUT2D eigenvalue weighted by molar-refractivity contribution is 5.78. The lowest BCUT2D eigenvalue weighted by atomic mass is 9.92. The molecule has 0 radical (unpaired) electrons. The molecule has 0 N–H and O–H groups in total. The van der Waals surface area contributed by atoms with Gasteiger partial charge in [0.05, 0.1) is 7.11 Å². The van der Waals surface area contributed by atoms with E-state index < -0.39 is 0 Å². The van der Waals surface area contributed by atoms with Gasteiger partial charge in [0.2, 0.25) is 0 Å². The first-order valence-corrected chi connectivity index (χ1v) is 7.69. The van der Waals surface area contributed by atoms with Crippen molar-refractivity contribution >= 4 is 5.78 Å². The van der Waals surface area contributed by atoms with Gasteiger partial charge < -0.3 is 4.74 Å². The molecule has 0 aliphatic rings. The fraction of sp³-hybridized carbons (Fsp3) is 0.350. The molecule has 2 aromatic carbocycles. The molecular weight excluding hydrogens is 272 g/mol. The summed E-state index contributed by atoms with van der Waals surface area (Å²) in [5.74, 6) is 1.55. The summed E-state index contributed by atoms with van der Waals surface area (Å²) in [5, 5.41) is 0. The van der Waals surface area contributed by atoms with Crippen molar-refractivity contribution in [1.29, 1.82) is 0 Å². The predicted molar refractivity (Wildman–Crippen MR) is 91.6 cm³/mol. The number of carbonyl (C=O) groups excluding carboxylic acids is 1. The van der Waals surface area contributed by atoms with Crippen LogP contribution in [0.15, 0.2) is 36.4 Å². The topological polar surface area (TPSA) is 26.3 Å². The number of Topliss-reactive ketones (excluding diaryl/α,β-unsaturated/α-hetero) is 1. The van der Waals surface area contributed by atoms with Crippen LogP contribution < -0.4 is 4.74 Å². The minimum Gasteiger partial charge on any atom is -0.496 e. The lowest BCUT2D eigenvalue weighted by Crippen LogP contribution is -1.98. The Morgan fingerprint density at radius 1 is 1.14 bits per heavy atom. The number of rotatable bonds is 5. The van der Waals surface area contributed by atoms with Crippen molar-refractivity contribution in [2.45, 2.75) is 40.0 Å². The first-order valence-electron chi connectivity index (χ1n) is 7.69. The molecule has 0 aliphatic carbocycles. The monoisotopic (exact) mass is 296 g/mol. The van der Waals surface area contributed by atoms with E-state index in [1.54, 1.807) is 14.0 Å². The van der Waals surface area contributed by atoms with E-state index in [9.17, 15) is 4.79 Å². The summed E-state index contributed by atoms with van der Waals surface area (Å²) in [5.41, 5.74) is 5.87. The summed E-state index contributed by atoms with van der Waals surface area (Å²) in [6, 6.07) is 12.6. The SMILES string of the molecule is COc1cc(C)c(-c2ccc(CC(C)=O)cc2)cc1C(C)C. The van der Waals surface area contributed by atoms with Gasteiger partial charge in [0.1, 0.15) is 11.5 Å². The van der Waals surface area contributed by atoms with Crippen LogP contribution in [-0.2, 0) is 11.2 Å². The van der Waals surface area contributed by atoms with Gasteiger partial charge in [0, 0.05) is 6.42 Å². The Bertz CT molecular complexity index is 667. The largest absolute Gasteiger partial charge is 0.496 e. The van der Waals surface area contributed by atoms with E-state index in [4.69, 9.17) is 4.74 Å². The Morgan fingerprint density at radius 2 is 1.77 bits per heavy atom. The van der Waals surface area contributed by atoms with Gasteiger partial charge in [0.25, 0.3) is 0 Å². The maximum atomic E-state index is 11.2. The Hall–Kier alpha value is -2.09. The summed E-state index contributed by atoms with van der Waals surface area (Å²) < 4.78 is 5.50. The molecule has 0 saturated heterocycles. The van der Waals surface area contributed by atoms with E-state index in [0.717, 1.165) is 11.3 Å². The number of carbonyl (C=O) groups is 1. The Morgan fingerprint density at radius 3 is 2.27 bits per heavy atom. The molecule has 2 nitrogen and oxygen atoms in total. The molecule has 2 heteroatoms. The summed E-state index contributed by atoms with van der Waals surface area (Å²) in [6.07, 6.45) is 0.499. The molecule has 0 unspecified atom stereocenters. The molecule has 0 bridgehead atoms. The fourth-order valence-corrected chi connectivity index (χ4v) is 2.73. The third-order valence-electron chi connectivity index (χ3n) is 3.92. The van der Waals surface area contributed by atoms with E-state index >= 15 is 0 Å². The van der Waals surface area contributed by atoms with Crippen LogP contribution in [0, 0.1) is 6.92 Å². The highest BCUT2D eigenvalue weighted by Gasteiger charge is 2.12. The van der Waals surface area contributed by atoms with Crippen LogP contribution in [0.1, 0.15) is 43.4 Å². The molecule has 0 aromatic heterocycles. The smallest absolute Gasteiger partial charge is 0.134 e.